The lowest BCUT2D eigenvalue weighted by molar-refractivity contribution is 0.102. The molecule has 1 amide bonds. The van der Waals surface area contributed by atoms with Crippen LogP contribution in [0, 0.1) is 0 Å². The fraction of sp³-hybridized carbons (Fsp3) is 0.0455. The summed E-state index contributed by atoms with van der Waals surface area (Å²) in [5.74, 6) is 0.240. The van der Waals surface area contributed by atoms with Gasteiger partial charge in [-0.25, -0.2) is 0 Å². The Morgan fingerprint density at radius 1 is 1.00 bits per heavy atom. The molecule has 0 aliphatic rings. The summed E-state index contributed by atoms with van der Waals surface area (Å²) < 4.78 is 6.01. The fourth-order valence-electron chi connectivity index (χ4n) is 2.78. The highest BCUT2D eigenvalue weighted by molar-refractivity contribution is 6.06. The first-order valence-electron chi connectivity index (χ1n) is 8.81. The first-order chi connectivity index (χ1) is 13.8. The monoisotopic (exact) mass is 370 g/mol. The van der Waals surface area contributed by atoms with Crippen molar-refractivity contribution in [3.63, 3.8) is 0 Å². The number of nitrogens with one attached hydrogen (secondary N) is 2. The molecule has 0 saturated heterocycles. The molecule has 6 heteroatoms. The van der Waals surface area contributed by atoms with Gasteiger partial charge in [0.25, 0.3) is 5.91 Å². The Morgan fingerprint density at radius 2 is 1.89 bits per heavy atom. The number of hydrogen-bond donors (Lipinski definition) is 2. The van der Waals surface area contributed by atoms with Crippen LogP contribution in [0.2, 0.25) is 0 Å². The van der Waals surface area contributed by atoms with Crippen LogP contribution in [0.4, 0.5) is 5.69 Å². The average Bonchev–Trinajstić information content (AvgIpc) is 3.28. The van der Waals surface area contributed by atoms with Gasteiger partial charge in [0.05, 0.1) is 23.1 Å². The maximum absolute atomic E-state index is 12.8. The fourth-order valence-corrected chi connectivity index (χ4v) is 2.78. The Labute approximate surface area is 162 Å². The molecule has 0 unspecified atom stereocenters. The van der Waals surface area contributed by atoms with Gasteiger partial charge in [0.1, 0.15) is 12.4 Å². The van der Waals surface area contributed by atoms with Gasteiger partial charge in [0.15, 0.2) is 0 Å². The van der Waals surface area contributed by atoms with Crippen molar-refractivity contribution in [3.05, 3.63) is 96.4 Å². The molecule has 2 N–H and O–H groups in total. The second-order valence-electron chi connectivity index (χ2n) is 6.15. The van der Waals surface area contributed by atoms with Crippen LogP contribution in [0.5, 0.6) is 5.75 Å². The summed E-state index contributed by atoms with van der Waals surface area (Å²) >= 11 is 0. The van der Waals surface area contributed by atoms with E-state index in [4.69, 9.17) is 4.74 Å². The maximum Gasteiger partial charge on any atom is 0.259 e. The topological polar surface area (TPSA) is 79.9 Å². The van der Waals surface area contributed by atoms with E-state index in [9.17, 15) is 4.79 Å². The summed E-state index contributed by atoms with van der Waals surface area (Å²) in [4.78, 5) is 16.8. The summed E-state index contributed by atoms with van der Waals surface area (Å²) in [6.07, 6.45) is 4.94. The van der Waals surface area contributed by atoms with Gasteiger partial charge < -0.3 is 10.1 Å². The van der Waals surface area contributed by atoms with E-state index in [1.807, 2.05) is 48.5 Å². The van der Waals surface area contributed by atoms with Gasteiger partial charge in [-0.1, -0.05) is 36.4 Å². The number of benzene rings is 2. The number of ether oxygens (including phenoxy) is 1. The number of rotatable bonds is 6. The quantitative estimate of drug-likeness (QED) is 0.530. The number of pyridine rings is 1. The number of anilines is 1. The van der Waals surface area contributed by atoms with Crippen LogP contribution < -0.4 is 10.1 Å². The number of hydrogen-bond acceptors (Lipinski definition) is 4. The first-order valence-corrected chi connectivity index (χ1v) is 8.81. The summed E-state index contributed by atoms with van der Waals surface area (Å²) in [5.41, 5.74) is 3.83. The third kappa shape index (κ3) is 4.07. The highest BCUT2D eigenvalue weighted by Gasteiger charge is 2.15. The summed E-state index contributed by atoms with van der Waals surface area (Å²) in [6.45, 7) is 0.362. The van der Waals surface area contributed by atoms with E-state index in [0.717, 1.165) is 16.8 Å². The number of carbonyl (C=O) groups is 1. The van der Waals surface area contributed by atoms with Gasteiger partial charge in [0, 0.05) is 18.0 Å². The van der Waals surface area contributed by atoms with E-state index < -0.39 is 0 Å². The van der Waals surface area contributed by atoms with Gasteiger partial charge in [-0.05, 0) is 35.9 Å². The smallest absolute Gasteiger partial charge is 0.259 e. The molecule has 28 heavy (non-hydrogen) atoms. The Morgan fingerprint density at radius 3 is 2.64 bits per heavy atom. The molecule has 0 aliphatic carbocycles. The highest BCUT2D eigenvalue weighted by Crippen LogP contribution is 2.28. The molecular formula is C22H18N4O2. The predicted octanol–water partition coefficient (Wildman–Crippen LogP) is 4.30. The van der Waals surface area contributed by atoms with Crippen molar-refractivity contribution in [2.75, 3.05) is 5.32 Å². The van der Waals surface area contributed by atoms with Gasteiger partial charge in [-0.3, -0.25) is 14.9 Å². The molecule has 4 aromatic rings. The van der Waals surface area contributed by atoms with Crippen LogP contribution in [0.1, 0.15) is 15.9 Å². The second-order valence-corrected chi connectivity index (χ2v) is 6.15. The summed E-state index contributed by atoms with van der Waals surface area (Å²) in [6, 6.07) is 20.7. The highest BCUT2D eigenvalue weighted by atomic mass is 16.5. The van der Waals surface area contributed by atoms with Crippen LogP contribution in [0.3, 0.4) is 0 Å². The molecule has 4 rings (SSSR count). The molecule has 0 bridgehead atoms. The maximum atomic E-state index is 12.8. The number of amides is 1. The Hall–Kier alpha value is -3.93. The molecule has 0 spiro atoms. The van der Waals surface area contributed by atoms with Gasteiger partial charge >= 0.3 is 0 Å². The summed E-state index contributed by atoms with van der Waals surface area (Å²) in [7, 11) is 0. The Bertz CT molecular complexity index is 1050. The first kappa shape index (κ1) is 17.5. The van der Waals surface area contributed by atoms with Gasteiger partial charge in [-0.2, -0.15) is 5.10 Å². The number of aromatic amines is 1. The lowest BCUT2D eigenvalue weighted by Crippen LogP contribution is -2.14. The van der Waals surface area contributed by atoms with E-state index >= 15 is 0 Å². The zero-order valence-electron chi connectivity index (χ0n) is 15.0. The zero-order chi connectivity index (χ0) is 19.2. The number of aromatic nitrogens is 3. The number of H-pyrrole nitrogens is 1. The lowest BCUT2D eigenvalue weighted by atomic mass is 10.1. The average molecular weight is 370 g/mol. The van der Waals surface area contributed by atoms with Crippen molar-refractivity contribution in [2.24, 2.45) is 0 Å². The van der Waals surface area contributed by atoms with Crippen molar-refractivity contribution >= 4 is 11.6 Å². The number of carbonyl (C=O) groups excluding carboxylic acids is 1. The van der Waals surface area contributed by atoms with Crippen molar-refractivity contribution in [3.8, 4) is 17.0 Å². The van der Waals surface area contributed by atoms with E-state index in [-0.39, 0.29) is 5.91 Å². The normalized spacial score (nSPS) is 10.4. The molecule has 0 atom stereocenters. The molecule has 6 nitrogen and oxygen atoms in total. The van der Waals surface area contributed by atoms with Crippen LogP contribution in [0.25, 0.3) is 11.3 Å². The van der Waals surface area contributed by atoms with Gasteiger partial charge in [0.2, 0.25) is 0 Å². The minimum absolute atomic E-state index is 0.257. The molecule has 0 aliphatic heterocycles. The molecule has 2 aromatic carbocycles. The minimum atomic E-state index is -0.257. The molecule has 0 fully saturated rings. The van der Waals surface area contributed by atoms with E-state index in [1.165, 1.54) is 0 Å². The van der Waals surface area contributed by atoms with E-state index in [1.54, 1.807) is 36.8 Å². The molecule has 0 radical (unpaired) electrons. The molecule has 138 valence electrons. The van der Waals surface area contributed by atoms with E-state index in [0.29, 0.717) is 23.6 Å². The Balaban J connectivity index is 1.63. The number of nitrogens with zero attached hydrogens (tertiary/aromatic N) is 2. The van der Waals surface area contributed by atoms with Crippen molar-refractivity contribution in [2.45, 2.75) is 6.61 Å². The third-order valence-corrected chi connectivity index (χ3v) is 4.19. The molecule has 0 saturated carbocycles. The summed E-state index contributed by atoms with van der Waals surface area (Å²) in [5, 5.41) is 9.76. The van der Waals surface area contributed by atoms with Crippen LogP contribution in [-0.2, 0) is 6.61 Å². The third-order valence-electron chi connectivity index (χ3n) is 4.19. The second kappa shape index (κ2) is 8.18. The van der Waals surface area contributed by atoms with Crippen LogP contribution in [-0.4, -0.2) is 21.1 Å². The minimum Gasteiger partial charge on any atom is -0.488 e. The molecular weight excluding hydrogens is 352 g/mol. The van der Waals surface area contributed by atoms with Crippen LogP contribution >= 0.6 is 0 Å². The van der Waals surface area contributed by atoms with Crippen molar-refractivity contribution < 1.29 is 9.53 Å². The SMILES string of the molecule is O=C(Nc1cccnc1)c1ccc(-c2ccn[nH]2)cc1OCc1ccccc1. The van der Waals surface area contributed by atoms with Gasteiger partial charge in [-0.15, -0.1) is 0 Å². The lowest BCUT2D eigenvalue weighted by Gasteiger charge is -2.13. The molecule has 2 heterocycles. The predicted molar refractivity (Wildman–Crippen MR) is 107 cm³/mol. The molecule has 2 aromatic heterocycles. The Kier molecular flexibility index (Phi) is 5.11. The van der Waals surface area contributed by atoms with E-state index in [2.05, 4.69) is 20.5 Å². The standard InChI is InChI=1S/C22H18N4O2/c27-22(25-18-7-4-11-23-14-18)19-9-8-17(20-10-12-24-26-20)13-21(19)28-15-16-5-2-1-3-6-16/h1-14H,15H2,(H,24,26)(H,25,27). The van der Waals surface area contributed by atoms with Crippen molar-refractivity contribution in [1.29, 1.82) is 0 Å². The van der Waals surface area contributed by atoms with Crippen LogP contribution in [0.15, 0.2) is 85.3 Å². The largest absolute Gasteiger partial charge is 0.488 e. The zero-order valence-corrected chi connectivity index (χ0v) is 15.0. The van der Waals surface area contributed by atoms with Crippen molar-refractivity contribution in [1.82, 2.24) is 15.2 Å².